The molecule has 1 saturated heterocycles. The van der Waals surface area contributed by atoms with Crippen molar-refractivity contribution in [3.63, 3.8) is 0 Å². The number of ether oxygens (including phenoxy) is 1. The van der Waals surface area contributed by atoms with E-state index in [1.807, 2.05) is 24.0 Å². The molecule has 2 unspecified atom stereocenters. The molecule has 3 rings (SSSR count). The van der Waals surface area contributed by atoms with Crippen LogP contribution in [0.1, 0.15) is 42.0 Å². The highest BCUT2D eigenvalue weighted by molar-refractivity contribution is 5.77. The summed E-state index contributed by atoms with van der Waals surface area (Å²) in [6.45, 7) is 12.1. The van der Waals surface area contributed by atoms with E-state index in [-0.39, 0.29) is 24.2 Å². The van der Waals surface area contributed by atoms with Crippen molar-refractivity contribution in [1.29, 1.82) is 0 Å². The van der Waals surface area contributed by atoms with Crippen LogP contribution in [0.4, 0.5) is 4.39 Å². The standard InChI is InChI=1S/C27H37FN2O2/c1-19(2)13-30(27(31)18-32-5)16-24-15-29(14-23-12-21(4)8-11-26(23)28)17-25(24)22-9-6-20(3)7-10-22/h6-12,19,24-25H,13-18H2,1-5H3. The third-order valence-electron chi connectivity index (χ3n) is 6.28. The van der Waals surface area contributed by atoms with Crippen LogP contribution in [-0.4, -0.2) is 55.6 Å². The van der Waals surface area contributed by atoms with Gasteiger partial charge in [0, 0.05) is 51.3 Å². The van der Waals surface area contributed by atoms with Crippen LogP contribution in [0.25, 0.3) is 0 Å². The van der Waals surface area contributed by atoms with E-state index in [1.165, 1.54) is 11.1 Å². The molecule has 2 aromatic rings. The van der Waals surface area contributed by atoms with Crippen molar-refractivity contribution in [3.8, 4) is 0 Å². The first-order valence-electron chi connectivity index (χ1n) is 11.6. The summed E-state index contributed by atoms with van der Waals surface area (Å²) >= 11 is 0. The number of amides is 1. The smallest absolute Gasteiger partial charge is 0.248 e. The largest absolute Gasteiger partial charge is 0.375 e. The minimum atomic E-state index is -0.150. The molecule has 0 radical (unpaired) electrons. The number of hydrogen-bond acceptors (Lipinski definition) is 3. The summed E-state index contributed by atoms with van der Waals surface area (Å²) in [5.41, 5.74) is 4.33. The number of likely N-dealkylation sites (tertiary alicyclic amines) is 1. The van der Waals surface area contributed by atoms with Crippen LogP contribution in [0.2, 0.25) is 0 Å². The van der Waals surface area contributed by atoms with Gasteiger partial charge in [0.15, 0.2) is 0 Å². The summed E-state index contributed by atoms with van der Waals surface area (Å²) in [5, 5.41) is 0. The molecule has 2 atom stereocenters. The fourth-order valence-corrected chi connectivity index (χ4v) is 4.75. The Morgan fingerprint density at radius 3 is 2.47 bits per heavy atom. The van der Waals surface area contributed by atoms with Crippen LogP contribution < -0.4 is 0 Å². The van der Waals surface area contributed by atoms with E-state index in [1.54, 1.807) is 13.2 Å². The summed E-state index contributed by atoms with van der Waals surface area (Å²) in [5.74, 6) is 0.848. The Hall–Kier alpha value is -2.24. The maximum Gasteiger partial charge on any atom is 0.248 e. The van der Waals surface area contributed by atoms with Crippen LogP contribution in [0.5, 0.6) is 0 Å². The molecular formula is C27H37FN2O2. The van der Waals surface area contributed by atoms with Crippen molar-refractivity contribution in [2.24, 2.45) is 11.8 Å². The van der Waals surface area contributed by atoms with Gasteiger partial charge in [0.2, 0.25) is 5.91 Å². The van der Waals surface area contributed by atoms with Gasteiger partial charge in [-0.25, -0.2) is 4.39 Å². The third-order valence-corrected chi connectivity index (χ3v) is 6.28. The molecule has 1 aliphatic heterocycles. The van der Waals surface area contributed by atoms with Crippen molar-refractivity contribution >= 4 is 5.91 Å². The molecule has 0 aromatic heterocycles. The van der Waals surface area contributed by atoms with E-state index in [2.05, 4.69) is 49.9 Å². The molecule has 1 fully saturated rings. The Labute approximate surface area is 192 Å². The van der Waals surface area contributed by atoms with Crippen molar-refractivity contribution in [1.82, 2.24) is 9.80 Å². The average molecular weight is 441 g/mol. The van der Waals surface area contributed by atoms with Crippen LogP contribution in [0, 0.1) is 31.5 Å². The maximum absolute atomic E-state index is 14.4. The van der Waals surface area contributed by atoms with Gasteiger partial charge in [-0.05, 0) is 37.3 Å². The molecule has 174 valence electrons. The normalized spacial score (nSPS) is 19.0. The lowest BCUT2D eigenvalue weighted by Gasteiger charge is -2.30. The van der Waals surface area contributed by atoms with Crippen LogP contribution in [0.3, 0.4) is 0 Å². The zero-order chi connectivity index (χ0) is 23.3. The molecule has 0 spiro atoms. The van der Waals surface area contributed by atoms with Gasteiger partial charge in [-0.2, -0.15) is 0 Å². The summed E-state index contributed by atoms with van der Waals surface area (Å²) in [7, 11) is 1.56. The molecule has 0 aliphatic carbocycles. The average Bonchev–Trinajstić information content (AvgIpc) is 3.13. The number of carbonyl (C=O) groups is 1. The third kappa shape index (κ3) is 6.39. The number of rotatable bonds is 9. The molecule has 1 heterocycles. The maximum atomic E-state index is 14.4. The number of halogens is 1. The van der Waals surface area contributed by atoms with Gasteiger partial charge in [-0.3, -0.25) is 9.69 Å². The number of nitrogens with zero attached hydrogens (tertiary/aromatic N) is 2. The molecule has 1 amide bonds. The van der Waals surface area contributed by atoms with E-state index in [9.17, 15) is 9.18 Å². The number of benzene rings is 2. The Bertz CT molecular complexity index is 897. The van der Waals surface area contributed by atoms with Crippen molar-refractivity contribution < 1.29 is 13.9 Å². The molecule has 2 aromatic carbocycles. The van der Waals surface area contributed by atoms with Gasteiger partial charge < -0.3 is 9.64 Å². The SMILES string of the molecule is COCC(=O)N(CC(C)C)CC1CN(Cc2cc(C)ccc2F)CC1c1ccc(C)cc1. The van der Waals surface area contributed by atoms with Crippen molar-refractivity contribution in [2.45, 2.75) is 40.2 Å². The lowest BCUT2D eigenvalue weighted by Crippen LogP contribution is -2.41. The summed E-state index contributed by atoms with van der Waals surface area (Å²) in [6, 6.07) is 14.0. The first-order valence-corrected chi connectivity index (χ1v) is 11.6. The minimum absolute atomic E-state index is 0.0343. The number of hydrogen-bond donors (Lipinski definition) is 0. The van der Waals surface area contributed by atoms with E-state index in [4.69, 9.17) is 4.74 Å². The fourth-order valence-electron chi connectivity index (χ4n) is 4.75. The second-order valence-electron chi connectivity index (χ2n) is 9.69. The highest BCUT2D eigenvalue weighted by Crippen LogP contribution is 2.35. The van der Waals surface area contributed by atoms with Crippen LogP contribution in [-0.2, 0) is 16.1 Å². The zero-order valence-corrected chi connectivity index (χ0v) is 20.1. The van der Waals surface area contributed by atoms with E-state index in [0.29, 0.717) is 31.5 Å². The van der Waals surface area contributed by atoms with E-state index < -0.39 is 0 Å². The molecule has 32 heavy (non-hydrogen) atoms. The molecule has 5 heteroatoms. The Morgan fingerprint density at radius 1 is 1.12 bits per heavy atom. The van der Waals surface area contributed by atoms with Gasteiger partial charge in [-0.15, -0.1) is 0 Å². The quantitative estimate of drug-likeness (QED) is 0.562. The molecule has 1 aliphatic rings. The highest BCUT2D eigenvalue weighted by atomic mass is 19.1. The van der Waals surface area contributed by atoms with Gasteiger partial charge in [-0.1, -0.05) is 61.4 Å². The molecule has 0 saturated carbocycles. The lowest BCUT2D eigenvalue weighted by atomic mass is 9.88. The topological polar surface area (TPSA) is 32.8 Å². The van der Waals surface area contributed by atoms with Crippen molar-refractivity contribution in [3.05, 3.63) is 70.5 Å². The zero-order valence-electron chi connectivity index (χ0n) is 20.1. The van der Waals surface area contributed by atoms with E-state index in [0.717, 1.165) is 24.2 Å². The van der Waals surface area contributed by atoms with Gasteiger partial charge in [0.1, 0.15) is 12.4 Å². The monoisotopic (exact) mass is 440 g/mol. The summed E-state index contributed by atoms with van der Waals surface area (Å²) < 4.78 is 19.6. The summed E-state index contributed by atoms with van der Waals surface area (Å²) in [6.07, 6.45) is 0. The molecule has 0 N–H and O–H groups in total. The second-order valence-corrected chi connectivity index (χ2v) is 9.69. The fraction of sp³-hybridized carbons (Fsp3) is 0.519. The van der Waals surface area contributed by atoms with Crippen molar-refractivity contribution in [2.75, 3.05) is 39.9 Å². The summed E-state index contributed by atoms with van der Waals surface area (Å²) in [4.78, 5) is 17.0. The number of carbonyl (C=O) groups excluding carboxylic acids is 1. The molecule has 4 nitrogen and oxygen atoms in total. The predicted molar refractivity (Wildman–Crippen MR) is 127 cm³/mol. The minimum Gasteiger partial charge on any atom is -0.375 e. The van der Waals surface area contributed by atoms with Crippen LogP contribution in [0.15, 0.2) is 42.5 Å². The Balaban J connectivity index is 1.83. The Kier molecular flexibility index (Phi) is 8.44. The first kappa shape index (κ1) is 24.4. The second kappa shape index (κ2) is 11.1. The first-order chi connectivity index (χ1) is 15.3. The van der Waals surface area contributed by atoms with Crippen LogP contribution >= 0.6 is 0 Å². The Morgan fingerprint density at radius 2 is 1.81 bits per heavy atom. The number of methoxy groups -OCH3 is 1. The molecule has 0 bridgehead atoms. The van der Waals surface area contributed by atoms with Gasteiger partial charge >= 0.3 is 0 Å². The van der Waals surface area contributed by atoms with Gasteiger partial charge in [0.05, 0.1) is 0 Å². The predicted octanol–water partition coefficient (Wildman–Crippen LogP) is 4.79. The highest BCUT2D eigenvalue weighted by Gasteiger charge is 2.36. The lowest BCUT2D eigenvalue weighted by molar-refractivity contribution is -0.136. The number of aryl methyl sites for hydroxylation is 2. The molecular weight excluding hydrogens is 403 g/mol. The van der Waals surface area contributed by atoms with Gasteiger partial charge in [0.25, 0.3) is 0 Å². The van der Waals surface area contributed by atoms with E-state index >= 15 is 0 Å².